The number of hydrogen-bond acceptors (Lipinski definition) is 3. The number of fused-ring (bicyclic) bond motifs is 1. The van der Waals surface area contributed by atoms with E-state index >= 15 is 0 Å². The average molecular weight is 334 g/mol. The van der Waals surface area contributed by atoms with E-state index in [1.807, 2.05) is 42.5 Å². The highest BCUT2D eigenvalue weighted by molar-refractivity contribution is 6.06. The Kier molecular flexibility index (Phi) is 4.50. The van der Waals surface area contributed by atoms with E-state index in [1.54, 1.807) is 0 Å². The van der Waals surface area contributed by atoms with Crippen molar-refractivity contribution < 1.29 is 4.79 Å². The molecule has 5 nitrogen and oxygen atoms in total. The van der Waals surface area contributed by atoms with Crippen molar-refractivity contribution in [1.29, 1.82) is 0 Å². The summed E-state index contributed by atoms with van der Waals surface area (Å²) in [7, 11) is 0. The van der Waals surface area contributed by atoms with Crippen LogP contribution in [0.4, 0.5) is 5.69 Å². The van der Waals surface area contributed by atoms with E-state index in [2.05, 4.69) is 32.7 Å². The Morgan fingerprint density at radius 1 is 1.04 bits per heavy atom. The van der Waals surface area contributed by atoms with Crippen LogP contribution in [0.1, 0.15) is 16.1 Å². The van der Waals surface area contributed by atoms with E-state index < -0.39 is 0 Å². The number of rotatable bonds is 4. The molecule has 0 saturated carbocycles. The molecule has 0 aliphatic carbocycles. The summed E-state index contributed by atoms with van der Waals surface area (Å²) in [5.74, 6) is -0.115. The molecule has 2 aromatic carbocycles. The van der Waals surface area contributed by atoms with E-state index in [4.69, 9.17) is 0 Å². The van der Waals surface area contributed by atoms with Crippen molar-refractivity contribution in [3.8, 4) is 0 Å². The summed E-state index contributed by atoms with van der Waals surface area (Å²) in [4.78, 5) is 18.3. The van der Waals surface area contributed by atoms with Crippen LogP contribution in [0, 0.1) is 0 Å². The van der Waals surface area contributed by atoms with Crippen molar-refractivity contribution in [2.75, 3.05) is 31.5 Å². The van der Waals surface area contributed by atoms with E-state index in [9.17, 15) is 4.79 Å². The van der Waals surface area contributed by atoms with Gasteiger partial charge in [0.15, 0.2) is 0 Å². The minimum Gasteiger partial charge on any atom is -0.350 e. The summed E-state index contributed by atoms with van der Waals surface area (Å²) in [5.41, 5.74) is 3.68. The van der Waals surface area contributed by atoms with Crippen LogP contribution in [0.5, 0.6) is 0 Å². The molecule has 0 unspecified atom stereocenters. The quantitative estimate of drug-likeness (QED) is 0.688. The third-order valence-corrected chi connectivity index (χ3v) is 4.62. The smallest absolute Gasteiger partial charge is 0.272 e. The largest absolute Gasteiger partial charge is 0.350 e. The van der Waals surface area contributed by atoms with Crippen LogP contribution in [0.2, 0.25) is 0 Å². The Bertz CT molecular complexity index is 866. The van der Waals surface area contributed by atoms with Gasteiger partial charge in [-0.2, -0.15) is 0 Å². The molecule has 4 rings (SSSR count). The second kappa shape index (κ2) is 7.09. The number of hydrogen-bond donors (Lipinski definition) is 3. The highest BCUT2D eigenvalue weighted by Crippen LogP contribution is 2.22. The van der Waals surface area contributed by atoms with Crippen molar-refractivity contribution in [2.24, 2.45) is 0 Å². The predicted octanol–water partition coefficient (Wildman–Crippen LogP) is 2.83. The van der Waals surface area contributed by atoms with Gasteiger partial charge in [-0.25, -0.2) is 0 Å². The van der Waals surface area contributed by atoms with Gasteiger partial charge in [0.1, 0.15) is 5.69 Å². The lowest BCUT2D eigenvalue weighted by atomic mass is 10.1. The number of aromatic amines is 1. The van der Waals surface area contributed by atoms with Gasteiger partial charge in [-0.15, -0.1) is 0 Å². The van der Waals surface area contributed by atoms with Crippen molar-refractivity contribution >= 4 is 22.5 Å². The number of piperazine rings is 1. The summed E-state index contributed by atoms with van der Waals surface area (Å²) >= 11 is 0. The lowest BCUT2D eigenvalue weighted by Crippen LogP contribution is -2.42. The van der Waals surface area contributed by atoms with Gasteiger partial charge in [0.05, 0.1) is 5.52 Å². The lowest BCUT2D eigenvalue weighted by molar-refractivity contribution is 0.102. The number of carbonyl (C=O) groups is 1. The number of nitrogens with one attached hydrogen (secondary N) is 3. The van der Waals surface area contributed by atoms with Gasteiger partial charge in [0.2, 0.25) is 0 Å². The number of anilines is 1. The zero-order chi connectivity index (χ0) is 17.1. The molecule has 0 radical (unpaired) electrons. The Morgan fingerprint density at radius 2 is 1.84 bits per heavy atom. The Balaban J connectivity index is 1.57. The highest BCUT2D eigenvalue weighted by Gasteiger charge is 2.15. The topological polar surface area (TPSA) is 60.2 Å². The molecule has 0 bridgehead atoms. The van der Waals surface area contributed by atoms with Gasteiger partial charge in [0, 0.05) is 43.8 Å². The molecule has 1 amide bonds. The molecular formula is C20H22N4O. The molecule has 1 aromatic heterocycles. The van der Waals surface area contributed by atoms with Crippen molar-refractivity contribution in [3.05, 3.63) is 65.9 Å². The van der Waals surface area contributed by atoms with E-state index in [0.717, 1.165) is 49.3 Å². The molecule has 0 spiro atoms. The minimum absolute atomic E-state index is 0.115. The summed E-state index contributed by atoms with van der Waals surface area (Å²) in [6.45, 7) is 5.08. The second-order valence-electron chi connectivity index (χ2n) is 6.41. The van der Waals surface area contributed by atoms with Gasteiger partial charge in [-0.3, -0.25) is 9.69 Å². The van der Waals surface area contributed by atoms with Crippen LogP contribution in [0.15, 0.2) is 54.6 Å². The highest BCUT2D eigenvalue weighted by atomic mass is 16.1. The molecule has 3 aromatic rings. The van der Waals surface area contributed by atoms with Gasteiger partial charge in [-0.1, -0.05) is 36.4 Å². The van der Waals surface area contributed by atoms with Crippen LogP contribution in [-0.4, -0.2) is 42.0 Å². The first-order valence-corrected chi connectivity index (χ1v) is 8.70. The Hall–Kier alpha value is -2.63. The molecule has 1 fully saturated rings. The van der Waals surface area contributed by atoms with E-state index in [1.165, 1.54) is 5.56 Å². The average Bonchev–Trinajstić information content (AvgIpc) is 3.09. The summed E-state index contributed by atoms with van der Waals surface area (Å²) in [5, 5.41) is 7.38. The molecule has 3 N–H and O–H groups in total. The second-order valence-corrected chi connectivity index (χ2v) is 6.41. The molecule has 2 heterocycles. The van der Waals surface area contributed by atoms with Crippen LogP contribution < -0.4 is 10.6 Å². The monoisotopic (exact) mass is 334 g/mol. The third-order valence-electron chi connectivity index (χ3n) is 4.62. The molecule has 5 heteroatoms. The fourth-order valence-corrected chi connectivity index (χ4v) is 3.30. The predicted molar refractivity (Wildman–Crippen MR) is 101 cm³/mol. The van der Waals surface area contributed by atoms with Crippen molar-refractivity contribution in [1.82, 2.24) is 15.2 Å². The van der Waals surface area contributed by atoms with Crippen molar-refractivity contribution in [3.63, 3.8) is 0 Å². The molecule has 1 saturated heterocycles. The van der Waals surface area contributed by atoms with Crippen LogP contribution in [0.3, 0.4) is 0 Å². The number of aromatic nitrogens is 1. The SMILES string of the molecule is O=C(Nc1ccccc1)c1cc2cccc(CN3CCNCC3)c2[nH]1. The zero-order valence-electron chi connectivity index (χ0n) is 14.1. The summed E-state index contributed by atoms with van der Waals surface area (Å²) in [6, 6.07) is 17.7. The number of amides is 1. The van der Waals surface area contributed by atoms with Crippen LogP contribution in [-0.2, 0) is 6.54 Å². The minimum atomic E-state index is -0.115. The number of benzene rings is 2. The van der Waals surface area contributed by atoms with Gasteiger partial charge < -0.3 is 15.6 Å². The van der Waals surface area contributed by atoms with Gasteiger partial charge in [0.25, 0.3) is 5.91 Å². The molecule has 1 aliphatic rings. The number of para-hydroxylation sites is 2. The number of carbonyl (C=O) groups excluding carboxylic acids is 1. The number of H-pyrrole nitrogens is 1. The first-order valence-electron chi connectivity index (χ1n) is 8.70. The standard InChI is InChI=1S/C20H22N4O/c25-20(22-17-7-2-1-3-8-17)18-13-15-5-4-6-16(19(15)23-18)14-24-11-9-21-10-12-24/h1-8,13,21,23H,9-12,14H2,(H,22,25). The molecule has 128 valence electrons. The van der Waals surface area contributed by atoms with Crippen molar-refractivity contribution in [2.45, 2.75) is 6.54 Å². The Morgan fingerprint density at radius 3 is 2.64 bits per heavy atom. The molecule has 25 heavy (non-hydrogen) atoms. The molecule has 0 atom stereocenters. The third kappa shape index (κ3) is 3.57. The normalized spacial score (nSPS) is 15.4. The number of nitrogens with zero attached hydrogens (tertiary/aromatic N) is 1. The molecular weight excluding hydrogens is 312 g/mol. The maximum Gasteiger partial charge on any atom is 0.272 e. The van der Waals surface area contributed by atoms with Gasteiger partial charge in [-0.05, 0) is 23.8 Å². The fraction of sp³-hybridized carbons (Fsp3) is 0.250. The van der Waals surface area contributed by atoms with E-state index in [0.29, 0.717) is 5.69 Å². The molecule has 1 aliphatic heterocycles. The van der Waals surface area contributed by atoms with Gasteiger partial charge >= 0.3 is 0 Å². The Labute approximate surface area is 147 Å². The summed E-state index contributed by atoms with van der Waals surface area (Å²) < 4.78 is 0. The lowest BCUT2D eigenvalue weighted by Gasteiger charge is -2.27. The van der Waals surface area contributed by atoms with Crippen LogP contribution in [0.25, 0.3) is 10.9 Å². The maximum absolute atomic E-state index is 12.5. The first-order chi connectivity index (χ1) is 12.3. The van der Waals surface area contributed by atoms with Crippen LogP contribution >= 0.6 is 0 Å². The maximum atomic E-state index is 12.5. The van der Waals surface area contributed by atoms with E-state index in [-0.39, 0.29) is 5.91 Å². The fourth-order valence-electron chi connectivity index (χ4n) is 3.30. The zero-order valence-corrected chi connectivity index (χ0v) is 14.1. The first kappa shape index (κ1) is 15.9. The summed E-state index contributed by atoms with van der Waals surface area (Å²) in [6.07, 6.45) is 0.